The molecule has 2 saturated carbocycles. The molecular weight excluding hydrogens is 688 g/mol. The van der Waals surface area contributed by atoms with Crippen LogP contribution in [-0.4, -0.2) is 89.6 Å². The van der Waals surface area contributed by atoms with Crippen LogP contribution in [0.25, 0.3) is 17.1 Å². The lowest BCUT2D eigenvalue weighted by Crippen LogP contribution is -2.68. The maximum atomic E-state index is 13.8. The SMILES string of the molecule is CC(NC1CC2[C@](C)(CC[C@@H](O)[C@@]2(C)CO)C(CC(Nc2ccccn2)C2=C/C(=C\c3ccc4c(c3)ncn4C)OC2=O)C12CO2)C(=O)Nc1ncc[nH]1. The van der Waals surface area contributed by atoms with Crippen LogP contribution < -0.4 is 16.0 Å². The van der Waals surface area contributed by atoms with Crippen molar-refractivity contribution in [1.29, 1.82) is 0 Å². The second kappa shape index (κ2) is 13.8. The minimum atomic E-state index is -0.804. The number of fused-ring (bicyclic) bond motifs is 2. The van der Waals surface area contributed by atoms with Crippen molar-refractivity contribution in [3.05, 3.63) is 84.3 Å². The number of imidazole rings is 2. The second-order valence-corrected chi connectivity index (χ2v) is 16.0. The van der Waals surface area contributed by atoms with Gasteiger partial charge in [-0.2, -0.15) is 0 Å². The zero-order chi connectivity index (χ0) is 37.8. The summed E-state index contributed by atoms with van der Waals surface area (Å²) in [5, 5.41) is 32.3. The maximum Gasteiger partial charge on any atom is 0.341 e. The standard InChI is InChI=1S/C40H48N8O6/c1-23(35(51)47-37-42-13-14-43-37)45-32-19-30-38(2,11-10-33(50)39(30,3)20-49)31(40(32)21-53-40)18-27(46-34-7-5-6-12-41-34)26-17-25(54-36(26)52)15-24-8-9-29-28(16-24)44-22-48(29)4/h5-9,12-17,22-23,27,30-33,45,49-50H,10-11,18-21H2,1-4H3,(H,41,46)(H2,42,43,47,51)/b25-15+/t23?,27?,30?,31?,32?,33-,38+,39+,40?/m1/s1. The molecule has 6 N–H and O–H groups in total. The Morgan fingerprint density at radius 1 is 1.19 bits per heavy atom. The number of aromatic amines is 1. The van der Waals surface area contributed by atoms with Crippen LogP contribution in [0.3, 0.4) is 0 Å². The van der Waals surface area contributed by atoms with Crippen LogP contribution in [0.4, 0.5) is 11.8 Å². The highest BCUT2D eigenvalue weighted by atomic mass is 16.6. The molecule has 4 aliphatic rings. The second-order valence-electron chi connectivity index (χ2n) is 16.0. The average Bonchev–Trinajstić information content (AvgIpc) is 3.40. The van der Waals surface area contributed by atoms with Gasteiger partial charge in [-0.1, -0.05) is 26.0 Å². The number of esters is 1. The number of rotatable bonds is 11. The number of pyridine rings is 1. The first-order chi connectivity index (χ1) is 25.9. The minimum absolute atomic E-state index is 0.145. The van der Waals surface area contributed by atoms with Crippen molar-refractivity contribution < 1.29 is 29.3 Å². The van der Waals surface area contributed by atoms with E-state index in [1.54, 1.807) is 31.0 Å². The van der Waals surface area contributed by atoms with Gasteiger partial charge in [-0.25, -0.2) is 19.7 Å². The predicted octanol–water partition coefficient (Wildman–Crippen LogP) is 3.94. The van der Waals surface area contributed by atoms with E-state index in [0.29, 0.717) is 55.4 Å². The van der Waals surface area contributed by atoms with E-state index in [1.165, 1.54) is 0 Å². The van der Waals surface area contributed by atoms with Gasteiger partial charge in [0.05, 0.1) is 54.3 Å². The van der Waals surface area contributed by atoms with E-state index in [9.17, 15) is 19.8 Å². The molecule has 1 aromatic carbocycles. The van der Waals surface area contributed by atoms with E-state index in [4.69, 9.17) is 9.47 Å². The Morgan fingerprint density at radius 2 is 2.02 bits per heavy atom. The molecule has 5 heterocycles. The molecule has 0 bridgehead atoms. The molecule has 8 rings (SSSR count). The Kier molecular flexibility index (Phi) is 9.20. The zero-order valence-corrected chi connectivity index (χ0v) is 31.0. The molecule has 14 heteroatoms. The van der Waals surface area contributed by atoms with Gasteiger partial charge in [0.2, 0.25) is 11.9 Å². The number of hydrogen-bond acceptors (Lipinski definition) is 11. The maximum absolute atomic E-state index is 13.8. The highest BCUT2D eigenvalue weighted by Gasteiger charge is 2.71. The number of cyclic esters (lactones) is 1. The Bertz CT molecular complexity index is 2090. The summed E-state index contributed by atoms with van der Waals surface area (Å²) in [7, 11) is 1.94. The highest BCUT2D eigenvalue weighted by molar-refractivity contribution is 5.96. The first kappa shape index (κ1) is 36.1. The summed E-state index contributed by atoms with van der Waals surface area (Å²) in [6.45, 7) is 6.29. The van der Waals surface area contributed by atoms with E-state index in [2.05, 4.69) is 42.8 Å². The van der Waals surface area contributed by atoms with Crippen molar-refractivity contribution in [3.8, 4) is 0 Å². The van der Waals surface area contributed by atoms with Crippen molar-refractivity contribution in [2.45, 2.75) is 76.3 Å². The number of carbonyl (C=O) groups excluding carboxylic acids is 2. The van der Waals surface area contributed by atoms with Crippen molar-refractivity contribution in [2.24, 2.45) is 29.7 Å². The van der Waals surface area contributed by atoms with Crippen LogP contribution in [0.5, 0.6) is 0 Å². The molecular formula is C40H48N8O6. The molecule has 3 aromatic heterocycles. The fraction of sp³-hybridized carbons (Fsp3) is 0.475. The third-order valence-corrected chi connectivity index (χ3v) is 12.8. The zero-order valence-electron chi connectivity index (χ0n) is 31.0. The molecule has 54 heavy (non-hydrogen) atoms. The number of epoxide rings is 1. The molecule has 0 radical (unpaired) electrons. The van der Waals surface area contributed by atoms with Gasteiger partial charge < -0.3 is 39.9 Å². The molecule has 284 valence electrons. The van der Waals surface area contributed by atoms with Gasteiger partial charge in [0, 0.05) is 37.1 Å². The Hall–Kier alpha value is -4.89. The van der Waals surface area contributed by atoms with E-state index < -0.39 is 40.6 Å². The summed E-state index contributed by atoms with van der Waals surface area (Å²) in [6.07, 6.45) is 11.9. The number of nitrogens with zero attached hydrogens (tertiary/aromatic N) is 4. The third-order valence-electron chi connectivity index (χ3n) is 12.8. The van der Waals surface area contributed by atoms with Gasteiger partial charge in [0.25, 0.3) is 0 Å². The molecule has 3 fully saturated rings. The first-order valence-corrected chi connectivity index (χ1v) is 18.7. The number of nitrogens with one attached hydrogen (secondary N) is 4. The van der Waals surface area contributed by atoms with Crippen LogP contribution in [0.2, 0.25) is 0 Å². The number of anilines is 2. The fourth-order valence-electron chi connectivity index (χ4n) is 9.70. The summed E-state index contributed by atoms with van der Waals surface area (Å²) < 4.78 is 14.4. The van der Waals surface area contributed by atoms with Crippen LogP contribution in [0.15, 0.2) is 78.7 Å². The van der Waals surface area contributed by atoms with Crippen molar-refractivity contribution in [3.63, 3.8) is 0 Å². The van der Waals surface area contributed by atoms with E-state index >= 15 is 0 Å². The lowest BCUT2D eigenvalue weighted by atomic mass is 9.43. The number of H-pyrrole nitrogens is 1. The van der Waals surface area contributed by atoms with Crippen LogP contribution >= 0.6 is 0 Å². The number of amides is 1. The molecule has 14 nitrogen and oxygen atoms in total. The lowest BCUT2D eigenvalue weighted by Gasteiger charge is -2.63. The molecule has 4 aromatic rings. The monoisotopic (exact) mass is 736 g/mol. The fourth-order valence-corrected chi connectivity index (χ4v) is 9.70. The summed E-state index contributed by atoms with van der Waals surface area (Å²) in [5.41, 5.74) is 1.27. The number of benzene rings is 1. The van der Waals surface area contributed by atoms with Crippen LogP contribution in [0, 0.1) is 22.7 Å². The van der Waals surface area contributed by atoms with Gasteiger partial charge >= 0.3 is 5.97 Å². The highest BCUT2D eigenvalue weighted by Crippen LogP contribution is 2.66. The van der Waals surface area contributed by atoms with Gasteiger partial charge in [-0.05, 0) is 91.8 Å². The Labute approximate surface area is 313 Å². The van der Waals surface area contributed by atoms with Gasteiger partial charge in [-0.3, -0.25) is 10.1 Å². The summed E-state index contributed by atoms with van der Waals surface area (Å²) in [5.74, 6) is 0.364. The average molecular weight is 737 g/mol. The van der Waals surface area contributed by atoms with Crippen LogP contribution in [-0.2, 0) is 26.1 Å². The normalized spacial score (nSPS) is 32.2. The third kappa shape index (κ3) is 6.30. The van der Waals surface area contributed by atoms with Crippen molar-refractivity contribution >= 4 is 40.8 Å². The number of carbonyl (C=O) groups is 2. The molecule has 2 aliphatic heterocycles. The van der Waals surface area contributed by atoms with Gasteiger partial charge in [0.15, 0.2) is 0 Å². The van der Waals surface area contributed by atoms with Crippen LogP contribution in [0.1, 0.15) is 52.0 Å². The topological polar surface area (TPSA) is 192 Å². The van der Waals surface area contributed by atoms with Gasteiger partial charge in [0.1, 0.15) is 17.2 Å². The summed E-state index contributed by atoms with van der Waals surface area (Å²) >= 11 is 0. The number of allylic oxidation sites excluding steroid dienone is 1. The number of hydrogen-bond donors (Lipinski definition) is 6. The first-order valence-electron chi connectivity index (χ1n) is 18.7. The molecule has 6 unspecified atom stereocenters. The Balaban J connectivity index is 1.16. The number of aryl methyl sites for hydroxylation is 1. The largest absolute Gasteiger partial charge is 0.423 e. The summed E-state index contributed by atoms with van der Waals surface area (Å²) in [4.78, 5) is 43.3. The van der Waals surface area contributed by atoms with E-state index in [1.807, 2.05) is 67.9 Å². The lowest BCUT2D eigenvalue weighted by molar-refractivity contribution is -0.184. The van der Waals surface area contributed by atoms with E-state index in [-0.39, 0.29) is 30.4 Å². The minimum Gasteiger partial charge on any atom is -0.423 e. The molecule has 1 saturated heterocycles. The summed E-state index contributed by atoms with van der Waals surface area (Å²) in [6, 6.07) is 10.1. The molecule has 2 aliphatic carbocycles. The number of aliphatic hydroxyl groups is 2. The Morgan fingerprint density at radius 3 is 2.74 bits per heavy atom. The number of aromatic nitrogens is 5. The molecule has 9 atom stereocenters. The quantitative estimate of drug-likeness (QED) is 0.0966. The smallest absolute Gasteiger partial charge is 0.341 e. The van der Waals surface area contributed by atoms with Gasteiger partial charge in [-0.15, -0.1) is 0 Å². The van der Waals surface area contributed by atoms with Crippen molar-refractivity contribution in [2.75, 3.05) is 23.8 Å². The van der Waals surface area contributed by atoms with E-state index in [0.717, 1.165) is 16.6 Å². The predicted molar refractivity (Wildman–Crippen MR) is 202 cm³/mol. The number of ether oxygens (including phenoxy) is 2. The molecule has 1 spiro atoms. The van der Waals surface area contributed by atoms with Crippen molar-refractivity contribution in [1.82, 2.24) is 29.8 Å². The molecule has 1 amide bonds. The number of aliphatic hydroxyl groups excluding tert-OH is 2.